The largest absolute Gasteiger partial charge is 0.377 e. The predicted molar refractivity (Wildman–Crippen MR) is 22.7 cm³/mol. The molecular weight excluding hydrogens is 114 g/mol. The van der Waals surface area contributed by atoms with Crippen molar-refractivity contribution in [1.29, 1.82) is 0 Å². The second-order valence-electron chi connectivity index (χ2n) is 1.49. The van der Waals surface area contributed by atoms with Crippen LogP contribution in [0.5, 0.6) is 0 Å². The minimum atomic E-state index is -0.798. The van der Waals surface area contributed by atoms with Crippen LogP contribution in [-0.4, -0.2) is 24.4 Å². The normalized spacial score (nSPS) is 19.5. The average Bonchev–Trinajstić information content (AvgIpc) is 1.55. The molecule has 1 saturated heterocycles. The Hall–Kier alpha value is -0.840. The van der Waals surface area contributed by atoms with Crippen LogP contribution in [0.4, 0.5) is 0 Å². The first-order chi connectivity index (χ1) is 3.79. The van der Waals surface area contributed by atoms with Crippen LogP contribution in [0.1, 0.15) is 0 Å². The van der Waals surface area contributed by atoms with Gasteiger partial charge in [-0.05, 0) is 0 Å². The lowest BCUT2D eigenvalue weighted by atomic mass is 10.3. The average molecular weight is 119 g/mol. The fraction of sp³-hybridized carbons (Fsp3) is 1.00. The molecule has 46 valence electrons. The van der Waals surface area contributed by atoms with Crippen molar-refractivity contribution in [2.75, 3.05) is 13.2 Å². The van der Waals surface area contributed by atoms with Crippen molar-refractivity contribution < 1.29 is 14.7 Å². The van der Waals surface area contributed by atoms with Crippen molar-refractivity contribution in [3.8, 4) is 0 Å². The second kappa shape index (κ2) is 1.95. The maximum atomic E-state index is 9.53. The number of hydrogen-bond acceptors (Lipinski definition) is 4. The van der Waals surface area contributed by atoms with Crippen molar-refractivity contribution in [1.82, 2.24) is 0 Å². The smallest absolute Gasteiger partial charge is 0.294 e. The molecule has 0 radical (unpaired) electrons. The molecule has 8 heavy (non-hydrogen) atoms. The van der Waals surface area contributed by atoms with Crippen LogP contribution < -0.4 is 0 Å². The molecule has 0 amide bonds. The lowest BCUT2D eigenvalue weighted by Crippen LogP contribution is -2.37. The molecule has 0 aromatic heterocycles. The van der Waals surface area contributed by atoms with Crippen molar-refractivity contribution >= 4 is 0 Å². The molecule has 0 N–H and O–H groups in total. The molecule has 1 fully saturated rings. The van der Waals surface area contributed by atoms with Gasteiger partial charge in [0, 0.05) is 0 Å². The zero-order valence-electron chi connectivity index (χ0n) is 4.07. The fourth-order valence-corrected chi connectivity index (χ4v) is 0.397. The highest BCUT2D eigenvalue weighted by Gasteiger charge is 2.21. The van der Waals surface area contributed by atoms with Crippen molar-refractivity contribution in [3.05, 3.63) is 10.1 Å². The summed E-state index contributed by atoms with van der Waals surface area (Å²) in [5.41, 5.74) is 0. The van der Waals surface area contributed by atoms with E-state index >= 15 is 0 Å². The molecule has 5 heteroatoms. The number of hydrogen-bond donors (Lipinski definition) is 0. The molecule has 0 spiro atoms. The first-order valence-corrected chi connectivity index (χ1v) is 2.18. The summed E-state index contributed by atoms with van der Waals surface area (Å²) in [4.78, 5) is 13.6. The highest BCUT2D eigenvalue weighted by atomic mass is 17.0. The van der Waals surface area contributed by atoms with E-state index in [9.17, 15) is 10.1 Å². The Morgan fingerprint density at radius 3 is 2.50 bits per heavy atom. The predicted octanol–water partition coefficient (Wildman–Crippen LogP) is -0.407. The van der Waals surface area contributed by atoms with Crippen LogP contribution in [0, 0.1) is 10.1 Å². The van der Waals surface area contributed by atoms with E-state index in [1.54, 1.807) is 0 Å². The van der Waals surface area contributed by atoms with Gasteiger partial charge in [0.05, 0.1) is 13.2 Å². The quantitative estimate of drug-likeness (QED) is 0.366. The van der Waals surface area contributed by atoms with Crippen molar-refractivity contribution in [3.63, 3.8) is 0 Å². The van der Waals surface area contributed by atoms with E-state index in [1.807, 2.05) is 0 Å². The van der Waals surface area contributed by atoms with Gasteiger partial charge in [-0.2, -0.15) is 0 Å². The van der Waals surface area contributed by atoms with E-state index in [-0.39, 0.29) is 6.10 Å². The van der Waals surface area contributed by atoms with Crippen molar-refractivity contribution in [2.45, 2.75) is 6.10 Å². The summed E-state index contributed by atoms with van der Waals surface area (Å²) < 4.78 is 4.61. The Morgan fingerprint density at radius 1 is 1.75 bits per heavy atom. The Kier molecular flexibility index (Phi) is 1.29. The number of rotatable bonds is 2. The Balaban J connectivity index is 2.09. The van der Waals surface area contributed by atoms with Crippen molar-refractivity contribution in [2.24, 2.45) is 0 Å². The molecule has 0 saturated carbocycles. The Morgan fingerprint density at radius 2 is 2.38 bits per heavy atom. The van der Waals surface area contributed by atoms with Gasteiger partial charge in [-0.15, -0.1) is 10.1 Å². The highest BCUT2D eigenvalue weighted by Crippen LogP contribution is 2.03. The summed E-state index contributed by atoms with van der Waals surface area (Å²) >= 11 is 0. The molecule has 1 heterocycles. The summed E-state index contributed by atoms with van der Waals surface area (Å²) in [6, 6.07) is 0. The number of ether oxygens (including phenoxy) is 1. The van der Waals surface area contributed by atoms with Crippen LogP contribution in [0.15, 0.2) is 0 Å². The van der Waals surface area contributed by atoms with E-state index < -0.39 is 5.09 Å². The SMILES string of the molecule is O=[N+]([O-])OC1COC1. The lowest BCUT2D eigenvalue weighted by molar-refractivity contribution is -0.774. The lowest BCUT2D eigenvalue weighted by Gasteiger charge is -2.22. The van der Waals surface area contributed by atoms with Gasteiger partial charge < -0.3 is 9.57 Å². The van der Waals surface area contributed by atoms with E-state index in [0.29, 0.717) is 13.2 Å². The third kappa shape index (κ3) is 1.06. The minimum Gasteiger partial charge on any atom is -0.377 e. The van der Waals surface area contributed by atoms with Crippen LogP contribution in [0.25, 0.3) is 0 Å². The maximum Gasteiger partial charge on any atom is 0.294 e. The van der Waals surface area contributed by atoms with Gasteiger partial charge in [-0.3, -0.25) is 0 Å². The number of nitrogens with zero attached hydrogens (tertiary/aromatic N) is 1. The van der Waals surface area contributed by atoms with E-state index in [2.05, 4.69) is 9.57 Å². The second-order valence-corrected chi connectivity index (χ2v) is 1.49. The molecule has 0 aromatic rings. The van der Waals surface area contributed by atoms with Gasteiger partial charge in [0.2, 0.25) is 0 Å². The molecule has 0 atom stereocenters. The van der Waals surface area contributed by atoms with E-state index in [1.165, 1.54) is 0 Å². The third-order valence-electron chi connectivity index (χ3n) is 0.843. The van der Waals surface area contributed by atoms with Gasteiger partial charge in [0.25, 0.3) is 5.09 Å². The minimum absolute atomic E-state index is 0.315. The summed E-state index contributed by atoms with van der Waals surface area (Å²) in [7, 11) is 0. The fourth-order valence-electron chi connectivity index (χ4n) is 0.397. The highest BCUT2D eigenvalue weighted by molar-refractivity contribution is 4.61. The summed E-state index contributed by atoms with van der Waals surface area (Å²) in [6.45, 7) is 0.696. The standard InChI is InChI=1S/C3H5NO4/c5-4(6)8-3-1-7-2-3/h3H,1-2H2. The summed E-state index contributed by atoms with van der Waals surface area (Å²) in [5.74, 6) is 0. The molecule has 0 aliphatic carbocycles. The van der Waals surface area contributed by atoms with Crippen LogP contribution >= 0.6 is 0 Å². The van der Waals surface area contributed by atoms with E-state index in [4.69, 9.17) is 0 Å². The molecule has 0 bridgehead atoms. The van der Waals surface area contributed by atoms with Gasteiger partial charge in [-0.1, -0.05) is 0 Å². The van der Waals surface area contributed by atoms with Gasteiger partial charge >= 0.3 is 0 Å². The molecule has 1 rings (SSSR count). The van der Waals surface area contributed by atoms with Crippen LogP contribution in [0.2, 0.25) is 0 Å². The molecule has 5 nitrogen and oxygen atoms in total. The Labute approximate surface area is 45.3 Å². The monoisotopic (exact) mass is 119 g/mol. The molecule has 0 aromatic carbocycles. The van der Waals surface area contributed by atoms with E-state index in [0.717, 1.165) is 0 Å². The first kappa shape index (κ1) is 5.30. The zero-order chi connectivity index (χ0) is 5.98. The molecular formula is C3H5NO4. The van der Waals surface area contributed by atoms with Crippen LogP contribution in [0.3, 0.4) is 0 Å². The van der Waals surface area contributed by atoms with Crippen LogP contribution in [-0.2, 0) is 9.57 Å². The summed E-state index contributed by atoms with van der Waals surface area (Å²) in [6.07, 6.45) is -0.315. The summed E-state index contributed by atoms with van der Waals surface area (Å²) in [5, 5.41) is 8.73. The first-order valence-electron chi connectivity index (χ1n) is 2.18. The van der Waals surface area contributed by atoms with Gasteiger partial charge in [0.1, 0.15) is 0 Å². The maximum absolute atomic E-state index is 9.53. The Bertz CT molecular complexity index is 99.5. The molecule has 1 aliphatic rings. The molecule has 1 aliphatic heterocycles. The third-order valence-corrected chi connectivity index (χ3v) is 0.843. The van der Waals surface area contributed by atoms with Gasteiger partial charge in [0.15, 0.2) is 6.10 Å². The van der Waals surface area contributed by atoms with Gasteiger partial charge in [-0.25, -0.2) is 0 Å². The topological polar surface area (TPSA) is 61.6 Å². The molecule has 0 unspecified atom stereocenters. The zero-order valence-corrected chi connectivity index (χ0v) is 4.07.